The van der Waals surface area contributed by atoms with Gasteiger partial charge in [0.1, 0.15) is 11.4 Å². The van der Waals surface area contributed by atoms with Crippen LogP contribution in [-0.2, 0) is 6.18 Å². The lowest BCUT2D eigenvalue weighted by Crippen LogP contribution is -2.04. The Balaban J connectivity index is 2.19. The Bertz CT molecular complexity index is 1030. The second-order valence-corrected chi connectivity index (χ2v) is 6.18. The number of anilines is 1. The molecular formula is C18H13ClF3N3O. The van der Waals surface area contributed by atoms with Crippen molar-refractivity contribution in [1.29, 1.82) is 0 Å². The Hall–Kier alpha value is -2.80. The third-order valence-electron chi connectivity index (χ3n) is 3.77. The number of aryl methyl sites for hydroxylation is 1. The van der Waals surface area contributed by atoms with Gasteiger partial charge in [0.25, 0.3) is 0 Å². The van der Waals surface area contributed by atoms with Gasteiger partial charge >= 0.3 is 6.18 Å². The van der Waals surface area contributed by atoms with Gasteiger partial charge in [-0.1, -0.05) is 23.7 Å². The molecule has 0 atom stereocenters. The molecule has 0 bridgehead atoms. The summed E-state index contributed by atoms with van der Waals surface area (Å²) >= 11 is 5.78. The number of alkyl halides is 3. The number of nitrogen functional groups attached to an aromatic ring is 1. The van der Waals surface area contributed by atoms with Gasteiger partial charge in [0.2, 0.25) is 0 Å². The fourth-order valence-electron chi connectivity index (χ4n) is 2.63. The van der Waals surface area contributed by atoms with Gasteiger partial charge in [-0.2, -0.15) is 13.2 Å². The number of nitrogens with zero attached hydrogens (tertiary/aromatic N) is 2. The normalized spacial score (nSPS) is 12.2. The first-order chi connectivity index (χ1) is 12.2. The molecule has 134 valence electrons. The zero-order valence-electron chi connectivity index (χ0n) is 13.5. The van der Waals surface area contributed by atoms with Crippen molar-refractivity contribution in [2.24, 2.45) is 10.2 Å². The molecule has 0 aromatic heterocycles. The molecule has 0 radical (unpaired) electrons. The second-order valence-electron chi connectivity index (χ2n) is 5.74. The van der Waals surface area contributed by atoms with Gasteiger partial charge in [-0.15, -0.1) is 10.2 Å². The van der Waals surface area contributed by atoms with Crippen LogP contribution in [0.2, 0.25) is 5.02 Å². The van der Waals surface area contributed by atoms with E-state index in [0.29, 0.717) is 10.8 Å². The first kappa shape index (κ1) is 18.0. The zero-order valence-corrected chi connectivity index (χ0v) is 14.2. The van der Waals surface area contributed by atoms with Crippen molar-refractivity contribution in [1.82, 2.24) is 0 Å². The average molecular weight is 380 g/mol. The Labute approximate surface area is 151 Å². The lowest BCUT2D eigenvalue weighted by molar-refractivity contribution is -0.137. The first-order valence-electron chi connectivity index (χ1n) is 7.47. The number of phenols is 1. The van der Waals surface area contributed by atoms with Crippen LogP contribution in [0.4, 0.5) is 30.2 Å². The highest BCUT2D eigenvalue weighted by Gasteiger charge is 2.33. The van der Waals surface area contributed by atoms with Gasteiger partial charge in [0, 0.05) is 5.02 Å². The van der Waals surface area contributed by atoms with Crippen molar-refractivity contribution in [3.63, 3.8) is 0 Å². The summed E-state index contributed by atoms with van der Waals surface area (Å²) in [6, 6.07) is 9.60. The number of azo groups is 1. The topological polar surface area (TPSA) is 71.0 Å². The molecule has 0 aliphatic carbocycles. The van der Waals surface area contributed by atoms with Crippen molar-refractivity contribution < 1.29 is 18.3 Å². The quantitative estimate of drug-likeness (QED) is 0.393. The molecule has 0 saturated heterocycles. The third kappa shape index (κ3) is 3.43. The van der Waals surface area contributed by atoms with Gasteiger partial charge in [-0.25, -0.2) is 0 Å². The van der Waals surface area contributed by atoms with Crippen molar-refractivity contribution in [2.75, 3.05) is 5.73 Å². The maximum absolute atomic E-state index is 13.1. The number of fused-ring (bicyclic) bond motifs is 1. The van der Waals surface area contributed by atoms with Crippen LogP contribution in [-0.4, -0.2) is 5.11 Å². The number of rotatable bonds is 2. The molecule has 3 N–H and O–H groups in total. The molecule has 3 rings (SSSR count). The molecule has 0 aliphatic heterocycles. The zero-order chi connectivity index (χ0) is 19.1. The number of nitrogens with two attached hydrogens (primary N) is 1. The average Bonchev–Trinajstić information content (AvgIpc) is 2.53. The monoisotopic (exact) mass is 379 g/mol. The highest BCUT2D eigenvalue weighted by molar-refractivity contribution is 6.30. The molecule has 3 aromatic carbocycles. The predicted octanol–water partition coefficient (Wildman–Crippen LogP) is 6.52. The fourth-order valence-corrected chi connectivity index (χ4v) is 2.79. The van der Waals surface area contributed by atoms with E-state index in [1.807, 2.05) is 0 Å². The number of benzene rings is 3. The van der Waals surface area contributed by atoms with Crippen LogP contribution < -0.4 is 5.73 Å². The van der Waals surface area contributed by atoms with Crippen LogP contribution in [0.3, 0.4) is 0 Å². The minimum atomic E-state index is -4.61. The maximum atomic E-state index is 13.1. The largest absolute Gasteiger partial charge is 0.507 e. The second kappa shape index (κ2) is 6.49. The van der Waals surface area contributed by atoms with E-state index in [2.05, 4.69) is 10.2 Å². The summed E-state index contributed by atoms with van der Waals surface area (Å²) in [5.41, 5.74) is 5.58. The van der Waals surface area contributed by atoms with E-state index >= 15 is 0 Å². The van der Waals surface area contributed by atoms with Crippen molar-refractivity contribution in [2.45, 2.75) is 13.1 Å². The number of phenolic OH excluding ortho intramolecular Hbond substituents is 1. The SMILES string of the molecule is Cc1cc(O)c2c(N=Nc3cc(Cl)ccc3C(F)(F)F)c(N)ccc2c1. The van der Waals surface area contributed by atoms with Crippen LogP contribution >= 0.6 is 11.6 Å². The molecule has 0 aliphatic rings. The van der Waals surface area contributed by atoms with E-state index in [0.717, 1.165) is 23.8 Å². The molecule has 0 amide bonds. The minimum absolute atomic E-state index is 0.0802. The molecule has 4 nitrogen and oxygen atoms in total. The molecule has 0 heterocycles. The van der Waals surface area contributed by atoms with E-state index in [9.17, 15) is 18.3 Å². The van der Waals surface area contributed by atoms with Gasteiger partial charge in [0.15, 0.2) is 0 Å². The van der Waals surface area contributed by atoms with E-state index < -0.39 is 17.4 Å². The smallest absolute Gasteiger partial charge is 0.418 e. The number of hydrogen-bond donors (Lipinski definition) is 2. The van der Waals surface area contributed by atoms with Gasteiger partial charge in [-0.3, -0.25) is 0 Å². The highest BCUT2D eigenvalue weighted by atomic mass is 35.5. The van der Waals surface area contributed by atoms with Crippen LogP contribution in [0.1, 0.15) is 11.1 Å². The van der Waals surface area contributed by atoms with Crippen LogP contribution in [0.5, 0.6) is 5.75 Å². The Morgan fingerprint density at radius 1 is 1.04 bits per heavy atom. The highest BCUT2D eigenvalue weighted by Crippen LogP contribution is 2.42. The summed E-state index contributed by atoms with van der Waals surface area (Å²) in [7, 11) is 0. The molecule has 0 unspecified atom stereocenters. The number of hydrogen-bond acceptors (Lipinski definition) is 4. The summed E-state index contributed by atoms with van der Waals surface area (Å²) in [6.07, 6.45) is -4.61. The minimum Gasteiger partial charge on any atom is -0.507 e. The fraction of sp³-hybridized carbons (Fsp3) is 0.111. The molecule has 3 aromatic rings. The summed E-state index contributed by atoms with van der Waals surface area (Å²) in [5, 5.41) is 18.9. The lowest BCUT2D eigenvalue weighted by Gasteiger charge is -2.10. The Kier molecular flexibility index (Phi) is 4.50. The molecule has 0 fully saturated rings. The van der Waals surface area contributed by atoms with Crippen molar-refractivity contribution >= 4 is 39.4 Å². The van der Waals surface area contributed by atoms with Gasteiger partial charge in [-0.05, 0) is 48.2 Å². The van der Waals surface area contributed by atoms with E-state index in [1.165, 1.54) is 6.07 Å². The van der Waals surface area contributed by atoms with Crippen LogP contribution in [0.15, 0.2) is 52.7 Å². The molecule has 0 spiro atoms. The number of aromatic hydroxyl groups is 1. The summed E-state index contributed by atoms with van der Waals surface area (Å²) in [6.45, 7) is 1.80. The summed E-state index contributed by atoms with van der Waals surface area (Å²) in [5.74, 6) is -0.0802. The van der Waals surface area contributed by atoms with E-state index in [1.54, 1.807) is 25.1 Å². The summed E-state index contributed by atoms with van der Waals surface area (Å²) < 4.78 is 39.4. The van der Waals surface area contributed by atoms with Crippen LogP contribution in [0, 0.1) is 6.92 Å². The standard InChI is InChI=1S/C18H13ClF3N3O/c1-9-6-10-2-5-13(23)17(16(10)15(26)7-9)25-24-14-8-11(19)3-4-12(14)18(20,21)22/h2-8,26H,23H2,1H3. The molecule has 26 heavy (non-hydrogen) atoms. The van der Waals surface area contributed by atoms with Gasteiger partial charge in [0.05, 0.1) is 22.3 Å². The van der Waals surface area contributed by atoms with Gasteiger partial charge < -0.3 is 10.8 Å². The van der Waals surface area contributed by atoms with Crippen molar-refractivity contribution in [3.05, 3.63) is 58.6 Å². The Morgan fingerprint density at radius 2 is 1.77 bits per heavy atom. The third-order valence-corrected chi connectivity index (χ3v) is 4.00. The molecular weight excluding hydrogens is 367 g/mol. The van der Waals surface area contributed by atoms with Crippen molar-refractivity contribution in [3.8, 4) is 5.75 Å². The number of halogens is 4. The first-order valence-corrected chi connectivity index (χ1v) is 7.85. The van der Waals surface area contributed by atoms with Crippen LogP contribution in [0.25, 0.3) is 10.8 Å². The predicted molar refractivity (Wildman–Crippen MR) is 95.4 cm³/mol. The molecule has 8 heteroatoms. The lowest BCUT2D eigenvalue weighted by atomic mass is 10.0. The van der Waals surface area contributed by atoms with E-state index in [4.69, 9.17) is 17.3 Å². The molecule has 0 saturated carbocycles. The maximum Gasteiger partial charge on any atom is 0.418 e. The Morgan fingerprint density at radius 3 is 2.46 bits per heavy atom. The van der Waals surface area contributed by atoms with E-state index in [-0.39, 0.29) is 22.1 Å². The summed E-state index contributed by atoms with van der Waals surface area (Å²) in [4.78, 5) is 0.